The van der Waals surface area contributed by atoms with Crippen LogP contribution in [0.2, 0.25) is 0 Å². The molecule has 0 saturated heterocycles. The van der Waals surface area contributed by atoms with Crippen LogP contribution in [0.1, 0.15) is 19.4 Å². The van der Waals surface area contributed by atoms with Gasteiger partial charge in [0, 0.05) is 5.56 Å². The van der Waals surface area contributed by atoms with Crippen LogP contribution in [0.5, 0.6) is 5.75 Å². The van der Waals surface area contributed by atoms with E-state index in [4.69, 9.17) is 4.74 Å². The van der Waals surface area contributed by atoms with Gasteiger partial charge in [0.25, 0.3) is 0 Å². The molecule has 1 aromatic carbocycles. The van der Waals surface area contributed by atoms with Crippen molar-refractivity contribution in [1.29, 1.82) is 0 Å². The maximum Gasteiger partial charge on any atom is 0.171 e. The summed E-state index contributed by atoms with van der Waals surface area (Å²) >= 11 is 0. The molecule has 14 heavy (non-hydrogen) atoms. The molecule has 1 aromatic rings. The van der Waals surface area contributed by atoms with Gasteiger partial charge in [-0.05, 0) is 24.5 Å². The standard InChI is InChI=1S/C11H14F2O/c1-7(2)6-8-9(12)4-5-10(14-3)11(8)13/h4-5,7H,6H2,1-3H3. The third-order valence-electron chi connectivity index (χ3n) is 1.98. The van der Waals surface area contributed by atoms with Gasteiger partial charge in [0.05, 0.1) is 7.11 Å². The Kier molecular flexibility index (Phi) is 3.44. The monoisotopic (exact) mass is 200 g/mol. The number of halogens is 2. The number of benzene rings is 1. The van der Waals surface area contributed by atoms with Gasteiger partial charge in [-0.2, -0.15) is 0 Å². The molecular formula is C11H14F2O. The minimum atomic E-state index is -0.582. The van der Waals surface area contributed by atoms with Gasteiger partial charge < -0.3 is 4.74 Å². The Bertz CT molecular complexity index is 321. The molecule has 0 aliphatic carbocycles. The highest BCUT2D eigenvalue weighted by Gasteiger charge is 2.14. The molecule has 78 valence electrons. The van der Waals surface area contributed by atoms with E-state index in [1.165, 1.54) is 19.2 Å². The molecule has 1 nitrogen and oxygen atoms in total. The Morgan fingerprint density at radius 1 is 1.29 bits per heavy atom. The molecular weight excluding hydrogens is 186 g/mol. The van der Waals surface area contributed by atoms with E-state index in [1.54, 1.807) is 0 Å². The average molecular weight is 200 g/mol. The van der Waals surface area contributed by atoms with E-state index in [0.717, 1.165) is 0 Å². The van der Waals surface area contributed by atoms with Crippen molar-refractivity contribution >= 4 is 0 Å². The van der Waals surface area contributed by atoms with Crippen LogP contribution in [0.15, 0.2) is 12.1 Å². The van der Waals surface area contributed by atoms with Crippen LogP contribution in [0.4, 0.5) is 8.78 Å². The van der Waals surface area contributed by atoms with E-state index in [0.29, 0.717) is 6.42 Å². The van der Waals surface area contributed by atoms with Crippen LogP contribution >= 0.6 is 0 Å². The molecule has 0 N–H and O–H groups in total. The average Bonchev–Trinajstić information content (AvgIpc) is 2.12. The summed E-state index contributed by atoms with van der Waals surface area (Å²) in [6.45, 7) is 3.83. The van der Waals surface area contributed by atoms with E-state index in [9.17, 15) is 8.78 Å². The fourth-order valence-corrected chi connectivity index (χ4v) is 1.33. The molecule has 0 fully saturated rings. The van der Waals surface area contributed by atoms with Gasteiger partial charge in [0.15, 0.2) is 11.6 Å². The lowest BCUT2D eigenvalue weighted by molar-refractivity contribution is 0.378. The van der Waals surface area contributed by atoms with Crippen LogP contribution in [-0.4, -0.2) is 7.11 Å². The van der Waals surface area contributed by atoms with Crippen molar-refractivity contribution in [2.24, 2.45) is 5.92 Å². The molecule has 0 spiro atoms. The number of hydrogen-bond acceptors (Lipinski definition) is 1. The molecule has 0 aliphatic heterocycles. The molecule has 0 atom stereocenters. The smallest absolute Gasteiger partial charge is 0.171 e. The lowest BCUT2D eigenvalue weighted by Crippen LogP contribution is -2.03. The van der Waals surface area contributed by atoms with Crippen LogP contribution < -0.4 is 4.74 Å². The lowest BCUT2D eigenvalue weighted by atomic mass is 10.0. The van der Waals surface area contributed by atoms with Crippen molar-refractivity contribution < 1.29 is 13.5 Å². The summed E-state index contributed by atoms with van der Waals surface area (Å²) in [6, 6.07) is 2.54. The Morgan fingerprint density at radius 3 is 2.43 bits per heavy atom. The van der Waals surface area contributed by atoms with Gasteiger partial charge in [-0.25, -0.2) is 8.78 Å². The Labute approximate surface area is 82.7 Å². The number of ether oxygens (including phenoxy) is 1. The minimum Gasteiger partial charge on any atom is -0.494 e. The van der Waals surface area contributed by atoms with Gasteiger partial charge in [0.1, 0.15) is 5.82 Å². The predicted octanol–water partition coefficient (Wildman–Crippen LogP) is 3.17. The predicted molar refractivity (Wildman–Crippen MR) is 51.5 cm³/mol. The zero-order valence-electron chi connectivity index (χ0n) is 8.60. The second-order valence-electron chi connectivity index (χ2n) is 3.64. The van der Waals surface area contributed by atoms with E-state index in [1.807, 2.05) is 13.8 Å². The van der Waals surface area contributed by atoms with Crippen LogP contribution in [0.3, 0.4) is 0 Å². The highest BCUT2D eigenvalue weighted by atomic mass is 19.1. The third-order valence-corrected chi connectivity index (χ3v) is 1.98. The minimum absolute atomic E-state index is 0.0991. The van der Waals surface area contributed by atoms with Gasteiger partial charge in [-0.1, -0.05) is 13.8 Å². The molecule has 0 unspecified atom stereocenters. The van der Waals surface area contributed by atoms with Gasteiger partial charge >= 0.3 is 0 Å². The quantitative estimate of drug-likeness (QED) is 0.728. The summed E-state index contributed by atoms with van der Waals surface area (Å²) in [6.07, 6.45) is 0.384. The van der Waals surface area contributed by atoms with Crippen molar-refractivity contribution in [2.45, 2.75) is 20.3 Å². The molecule has 1 rings (SSSR count). The largest absolute Gasteiger partial charge is 0.494 e. The Hall–Kier alpha value is -1.12. The van der Waals surface area contributed by atoms with Gasteiger partial charge in [-0.15, -0.1) is 0 Å². The SMILES string of the molecule is COc1ccc(F)c(CC(C)C)c1F. The third kappa shape index (κ3) is 2.22. The first-order valence-electron chi connectivity index (χ1n) is 4.57. The molecule has 0 aliphatic rings. The molecule has 0 heterocycles. The van der Waals surface area contributed by atoms with E-state index >= 15 is 0 Å². The second-order valence-corrected chi connectivity index (χ2v) is 3.64. The maximum absolute atomic E-state index is 13.5. The van der Waals surface area contributed by atoms with Crippen molar-refractivity contribution in [3.63, 3.8) is 0 Å². The van der Waals surface area contributed by atoms with Crippen molar-refractivity contribution in [3.05, 3.63) is 29.3 Å². The maximum atomic E-state index is 13.5. The summed E-state index contributed by atoms with van der Waals surface area (Å²) < 4.78 is 31.5. The summed E-state index contributed by atoms with van der Waals surface area (Å²) in [5.41, 5.74) is 0.111. The Balaban J connectivity index is 3.11. The van der Waals surface area contributed by atoms with Crippen LogP contribution in [-0.2, 0) is 6.42 Å². The second kappa shape index (κ2) is 4.40. The summed E-state index contributed by atoms with van der Waals surface area (Å²) in [5.74, 6) is -0.772. The van der Waals surface area contributed by atoms with Crippen molar-refractivity contribution in [2.75, 3.05) is 7.11 Å². The fourth-order valence-electron chi connectivity index (χ4n) is 1.33. The lowest BCUT2D eigenvalue weighted by Gasteiger charge is -2.10. The normalized spacial score (nSPS) is 10.7. The first kappa shape index (κ1) is 11.0. The van der Waals surface area contributed by atoms with Gasteiger partial charge in [0.2, 0.25) is 0 Å². The van der Waals surface area contributed by atoms with Crippen molar-refractivity contribution in [3.8, 4) is 5.75 Å². The van der Waals surface area contributed by atoms with Crippen LogP contribution in [0.25, 0.3) is 0 Å². The first-order valence-corrected chi connectivity index (χ1v) is 4.57. The van der Waals surface area contributed by atoms with Gasteiger partial charge in [-0.3, -0.25) is 0 Å². The molecule has 0 aromatic heterocycles. The van der Waals surface area contributed by atoms with E-state index in [-0.39, 0.29) is 17.2 Å². The number of hydrogen-bond donors (Lipinski definition) is 0. The van der Waals surface area contributed by atoms with Crippen molar-refractivity contribution in [1.82, 2.24) is 0 Å². The number of rotatable bonds is 3. The molecule has 0 amide bonds. The topological polar surface area (TPSA) is 9.23 Å². The number of methoxy groups -OCH3 is 1. The molecule has 3 heteroatoms. The highest BCUT2D eigenvalue weighted by Crippen LogP contribution is 2.24. The zero-order chi connectivity index (χ0) is 10.7. The molecule has 0 saturated carbocycles. The zero-order valence-corrected chi connectivity index (χ0v) is 8.60. The fraction of sp³-hybridized carbons (Fsp3) is 0.455. The van der Waals surface area contributed by atoms with Crippen LogP contribution in [0, 0.1) is 17.6 Å². The molecule has 0 bridgehead atoms. The summed E-state index contributed by atoms with van der Waals surface area (Å²) in [5, 5.41) is 0. The highest BCUT2D eigenvalue weighted by molar-refractivity contribution is 5.32. The molecule has 0 radical (unpaired) electrons. The first-order chi connectivity index (χ1) is 6.56. The van der Waals surface area contributed by atoms with E-state index < -0.39 is 11.6 Å². The Morgan fingerprint density at radius 2 is 1.93 bits per heavy atom. The van der Waals surface area contributed by atoms with E-state index in [2.05, 4.69) is 0 Å². The summed E-state index contributed by atoms with van der Waals surface area (Å²) in [4.78, 5) is 0. The summed E-state index contributed by atoms with van der Waals surface area (Å²) in [7, 11) is 1.37.